The molecule has 0 saturated carbocycles. The van der Waals surface area contributed by atoms with Crippen LogP contribution in [-0.4, -0.2) is 24.8 Å². The van der Waals surface area contributed by atoms with Crippen molar-refractivity contribution in [3.8, 4) is 11.5 Å². The van der Waals surface area contributed by atoms with E-state index in [0.717, 1.165) is 11.3 Å². The Balaban J connectivity index is 2.11. The third-order valence-electron chi connectivity index (χ3n) is 3.21. The Hall–Kier alpha value is -2.40. The van der Waals surface area contributed by atoms with Gasteiger partial charge in [-0.1, -0.05) is 11.6 Å². The average Bonchev–Trinajstić information content (AvgIpc) is 2.55. The van der Waals surface area contributed by atoms with Gasteiger partial charge in [0.25, 0.3) is 0 Å². The van der Waals surface area contributed by atoms with E-state index in [-0.39, 0.29) is 5.56 Å². The summed E-state index contributed by atoms with van der Waals surface area (Å²) in [5, 5.41) is 12.6. The van der Waals surface area contributed by atoms with Crippen molar-refractivity contribution in [3.05, 3.63) is 52.5 Å². The minimum Gasteiger partial charge on any atom is -0.493 e. The smallest absolute Gasteiger partial charge is 0.335 e. The number of carbonyl (C=O) groups is 1. The second-order valence-electron chi connectivity index (χ2n) is 4.78. The van der Waals surface area contributed by atoms with E-state index in [4.69, 9.17) is 26.2 Å². The first-order valence-electron chi connectivity index (χ1n) is 7.11. The fourth-order valence-electron chi connectivity index (χ4n) is 2.09. The first kappa shape index (κ1) is 17.0. The Labute approximate surface area is 139 Å². The van der Waals surface area contributed by atoms with Gasteiger partial charge in [0.15, 0.2) is 11.5 Å². The van der Waals surface area contributed by atoms with Gasteiger partial charge in [-0.15, -0.1) is 0 Å². The Bertz CT molecular complexity index is 686. The van der Waals surface area contributed by atoms with E-state index >= 15 is 0 Å². The fourth-order valence-corrected chi connectivity index (χ4v) is 2.38. The predicted molar refractivity (Wildman–Crippen MR) is 89.9 cm³/mol. The highest BCUT2D eigenvalue weighted by atomic mass is 35.5. The summed E-state index contributed by atoms with van der Waals surface area (Å²) in [6.45, 7) is 2.91. The zero-order valence-electron chi connectivity index (χ0n) is 12.9. The quantitative estimate of drug-likeness (QED) is 0.798. The maximum atomic E-state index is 10.8. The van der Waals surface area contributed by atoms with Crippen LogP contribution in [0.25, 0.3) is 0 Å². The van der Waals surface area contributed by atoms with Crippen LogP contribution in [0.4, 0.5) is 5.69 Å². The fraction of sp³-hybridized carbons (Fsp3) is 0.235. The molecule has 0 saturated heterocycles. The summed E-state index contributed by atoms with van der Waals surface area (Å²) < 4.78 is 10.8. The zero-order chi connectivity index (χ0) is 16.8. The summed E-state index contributed by atoms with van der Waals surface area (Å²) in [7, 11) is 1.57. The molecule has 0 unspecified atom stereocenters. The number of hydrogen-bond donors (Lipinski definition) is 2. The van der Waals surface area contributed by atoms with Crippen LogP contribution >= 0.6 is 11.6 Å². The van der Waals surface area contributed by atoms with Gasteiger partial charge in [0.1, 0.15) is 0 Å². The van der Waals surface area contributed by atoms with E-state index in [2.05, 4.69) is 5.32 Å². The topological polar surface area (TPSA) is 67.8 Å². The Kier molecular flexibility index (Phi) is 5.71. The molecule has 0 atom stereocenters. The average molecular weight is 336 g/mol. The number of aromatic carboxylic acids is 1. The van der Waals surface area contributed by atoms with Crippen LogP contribution in [0, 0.1) is 0 Å². The van der Waals surface area contributed by atoms with Crippen molar-refractivity contribution in [2.75, 3.05) is 19.0 Å². The maximum absolute atomic E-state index is 10.8. The van der Waals surface area contributed by atoms with E-state index < -0.39 is 5.97 Å². The summed E-state index contributed by atoms with van der Waals surface area (Å²) >= 11 is 6.23. The van der Waals surface area contributed by atoms with Crippen LogP contribution in [0.15, 0.2) is 36.4 Å². The first-order chi connectivity index (χ1) is 11.0. The maximum Gasteiger partial charge on any atom is 0.335 e. The van der Waals surface area contributed by atoms with Gasteiger partial charge in [0.05, 0.1) is 24.3 Å². The van der Waals surface area contributed by atoms with Crippen molar-refractivity contribution in [2.45, 2.75) is 13.5 Å². The number of methoxy groups -OCH3 is 1. The van der Waals surface area contributed by atoms with Crippen molar-refractivity contribution in [1.82, 2.24) is 0 Å². The molecule has 122 valence electrons. The highest BCUT2D eigenvalue weighted by molar-refractivity contribution is 6.32. The summed E-state index contributed by atoms with van der Waals surface area (Å²) in [6, 6.07) is 10.2. The SMILES string of the molecule is CCOc1c(Cl)cc(CNc2ccc(C(=O)O)cc2)cc1OC. The molecule has 23 heavy (non-hydrogen) atoms. The van der Waals surface area contributed by atoms with Crippen LogP contribution in [0.5, 0.6) is 11.5 Å². The molecular weight excluding hydrogens is 318 g/mol. The van der Waals surface area contributed by atoms with E-state index in [1.807, 2.05) is 19.1 Å². The molecule has 2 aromatic carbocycles. The van der Waals surface area contributed by atoms with E-state index in [1.165, 1.54) is 0 Å². The van der Waals surface area contributed by atoms with Crippen LogP contribution in [-0.2, 0) is 6.54 Å². The number of halogens is 1. The van der Waals surface area contributed by atoms with E-state index in [1.54, 1.807) is 31.4 Å². The van der Waals surface area contributed by atoms with E-state index in [0.29, 0.717) is 29.7 Å². The van der Waals surface area contributed by atoms with Crippen LogP contribution < -0.4 is 14.8 Å². The second-order valence-corrected chi connectivity index (χ2v) is 5.19. The molecule has 2 N–H and O–H groups in total. The Morgan fingerprint density at radius 3 is 2.52 bits per heavy atom. The lowest BCUT2D eigenvalue weighted by molar-refractivity contribution is 0.0697. The molecule has 0 bridgehead atoms. The van der Waals surface area contributed by atoms with Crippen molar-refractivity contribution in [1.29, 1.82) is 0 Å². The molecule has 2 rings (SSSR count). The van der Waals surface area contributed by atoms with E-state index in [9.17, 15) is 4.79 Å². The van der Waals surface area contributed by atoms with Crippen LogP contribution in [0.1, 0.15) is 22.8 Å². The first-order valence-corrected chi connectivity index (χ1v) is 7.49. The predicted octanol–water partition coefficient (Wildman–Crippen LogP) is 4.06. The molecule has 0 aromatic heterocycles. The number of anilines is 1. The number of rotatable bonds is 7. The summed E-state index contributed by atoms with van der Waals surface area (Å²) in [6.07, 6.45) is 0. The van der Waals surface area contributed by atoms with Gasteiger partial charge in [0.2, 0.25) is 0 Å². The van der Waals surface area contributed by atoms with Crippen LogP contribution in [0.3, 0.4) is 0 Å². The third-order valence-corrected chi connectivity index (χ3v) is 3.49. The number of benzene rings is 2. The number of carboxylic acid groups (broad SMARTS) is 1. The second kappa shape index (κ2) is 7.74. The number of ether oxygens (including phenoxy) is 2. The van der Waals surface area contributed by atoms with Crippen molar-refractivity contribution < 1.29 is 19.4 Å². The lowest BCUT2D eigenvalue weighted by Crippen LogP contribution is -2.03. The standard InChI is InChI=1S/C17H18ClNO4/c1-3-23-16-14(18)8-11(9-15(16)22-2)10-19-13-6-4-12(5-7-13)17(20)21/h4-9,19H,3,10H2,1-2H3,(H,20,21). The van der Waals surface area contributed by atoms with Crippen molar-refractivity contribution in [2.24, 2.45) is 0 Å². The summed E-state index contributed by atoms with van der Waals surface area (Å²) in [5.74, 6) is 0.170. The zero-order valence-corrected chi connectivity index (χ0v) is 13.7. The van der Waals surface area contributed by atoms with Crippen molar-refractivity contribution >= 4 is 23.3 Å². The highest BCUT2D eigenvalue weighted by Crippen LogP contribution is 2.36. The molecule has 0 aliphatic carbocycles. The minimum atomic E-state index is -0.945. The van der Waals surface area contributed by atoms with Gasteiger partial charge in [-0.05, 0) is 48.9 Å². The number of nitrogens with one attached hydrogen (secondary N) is 1. The van der Waals surface area contributed by atoms with Crippen LogP contribution in [0.2, 0.25) is 5.02 Å². The molecule has 6 heteroatoms. The van der Waals surface area contributed by atoms with Gasteiger partial charge in [-0.2, -0.15) is 0 Å². The van der Waals surface area contributed by atoms with Gasteiger partial charge >= 0.3 is 5.97 Å². The lowest BCUT2D eigenvalue weighted by atomic mass is 10.1. The number of hydrogen-bond acceptors (Lipinski definition) is 4. The molecule has 0 radical (unpaired) electrons. The van der Waals surface area contributed by atoms with Gasteiger partial charge in [0, 0.05) is 12.2 Å². The summed E-state index contributed by atoms with van der Waals surface area (Å²) in [5.41, 5.74) is 2.00. The molecule has 0 aliphatic heterocycles. The van der Waals surface area contributed by atoms with Gasteiger partial charge in [-0.3, -0.25) is 0 Å². The van der Waals surface area contributed by atoms with Crippen molar-refractivity contribution in [3.63, 3.8) is 0 Å². The normalized spacial score (nSPS) is 10.2. The molecule has 2 aromatic rings. The largest absolute Gasteiger partial charge is 0.493 e. The molecule has 0 amide bonds. The summed E-state index contributed by atoms with van der Waals surface area (Å²) in [4.78, 5) is 10.8. The monoisotopic (exact) mass is 335 g/mol. The number of carboxylic acids is 1. The molecule has 0 spiro atoms. The third kappa shape index (κ3) is 4.29. The molecule has 0 fully saturated rings. The van der Waals surface area contributed by atoms with Gasteiger partial charge in [-0.25, -0.2) is 4.79 Å². The molecule has 0 aliphatic rings. The molecular formula is C17H18ClNO4. The molecule has 5 nitrogen and oxygen atoms in total. The minimum absolute atomic E-state index is 0.251. The highest BCUT2D eigenvalue weighted by Gasteiger charge is 2.11. The Morgan fingerprint density at radius 2 is 1.96 bits per heavy atom. The molecule has 0 heterocycles. The van der Waals surface area contributed by atoms with Gasteiger partial charge < -0.3 is 19.9 Å². The Morgan fingerprint density at radius 1 is 1.26 bits per heavy atom. The lowest BCUT2D eigenvalue weighted by Gasteiger charge is -2.14.